The van der Waals surface area contributed by atoms with Gasteiger partial charge in [-0.25, -0.2) is 9.67 Å². The first kappa shape index (κ1) is 17.9. The molecule has 0 spiro atoms. The van der Waals surface area contributed by atoms with Crippen molar-refractivity contribution in [2.75, 3.05) is 13.7 Å². The first-order valence-corrected chi connectivity index (χ1v) is 9.54. The predicted octanol–water partition coefficient (Wildman–Crippen LogP) is 2.70. The molecule has 4 rings (SSSR count). The molecule has 0 aliphatic heterocycles. The quantitative estimate of drug-likeness (QED) is 0.502. The molecule has 3 aromatic heterocycles. The zero-order valence-electron chi connectivity index (χ0n) is 15.1. The lowest BCUT2D eigenvalue weighted by Gasteiger charge is -2.04. The molecular formula is C19H18N6O2S. The van der Waals surface area contributed by atoms with E-state index in [1.54, 1.807) is 24.1 Å². The average molecular weight is 394 g/mol. The molecule has 142 valence electrons. The summed E-state index contributed by atoms with van der Waals surface area (Å²) in [6, 6.07) is 11.1. The minimum absolute atomic E-state index is 0.212. The van der Waals surface area contributed by atoms with Gasteiger partial charge in [0.25, 0.3) is 5.91 Å². The Bertz CT molecular complexity index is 1070. The molecule has 4 aromatic rings. The molecule has 1 amide bonds. The minimum atomic E-state index is -0.212. The monoisotopic (exact) mass is 394 g/mol. The predicted molar refractivity (Wildman–Crippen MR) is 106 cm³/mol. The fourth-order valence-electron chi connectivity index (χ4n) is 2.73. The molecule has 0 saturated heterocycles. The molecule has 2 N–H and O–H groups in total. The molecule has 0 aliphatic rings. The number of nitrogens with zero attached hydrogens (tertiary/aromatic N) is 4. The summed E-state index contributed by atoms with van der Waals surface area (Å²) >= 11 is 1.52. The normalized spacial score (nSPS) is 10.8. The SMILES string of the molecule is COc1ccccc1-c1cc(C(=O)NCCc2csc(-n3cccn3)n2)[nH]n1. The second-order valence-corrected chi connectivity index (χ2v) is 6.78. The van der Waals surface area contributed by atoms with E-state index in [2.05, 4.69) is 25.6 Å². The van der Waals surface area contributed by atoms with E-state index in [-0.39, 0.29) is 5.91 Å². The van der Waals surface area contributed by atoms with Crippen LogP contribution in [0.3, 0.4) is 0 Å². The summed E-state index contributed by atoms with van der Waals surface area (Å²) in [5.74, 6) is 0.494. The second-order valence-electron chi connectivity index (χ2n) is 5.95. The van der Waals surface area contributed by atoms with Gasteiger partial charge in [-0.2, -0.15) is 10.2 Å². The van der Waals surface area contributed by atoms with E-state index >= 15 is 0 Å². The Morgan fingerprint density at radius 3 is 3.04 bits per heavy atom. The third-order valence-electron chi connectivity index (χ3n) is 4.11. The van der Waals surface area contributed by atoms with E-state index in [4.69, 9.17) is 4.74 Å². The molecule has 0 unspecified atom stereocenters. The van der Waals surface area contributed by atoms with Gasteiger partial charge in [0.05, 0.1) is 18.5 Å². The number of amides is 1. The molecule has 0 bridgehead atoms. The van der Waals surface area contributed by atoms with Gasteiger partial charge in [0.1, 0.15) is 11.4 Å². The minimum Gasteiger partial charge on any atom is -0.496 e. The van der Waals surface area contributed by atoms with Crippen molar-refractivity contribution in [3.63, 3.8) is 0 Å². The van der Waals surface area contributed by atoms with Crippen molar-refractivity contribution < 1.29 is 9.53 Å². The van der Waals surface area contributed by atoms with Crippen molar-refractivity contribution in [2.24, 2.45) is 0 Å². The molecule has 1 aromatic carbocycles. The van der Waals surface area contributed by atoms with Crippen LogP contribution in [0, 0.1) is 0 Å². The first-order valence-electron chi connectivity index (χ1n) is 8.66. The van der Waals surface area contributed by atoms with E-state index in [0.717, 1.165) is 16.4 Å². The average Bonchev–Trinajstić information content (AvgIpc) is 3.48. The van der Waals surface area contributed by atoms with E-state index in [0.29, 0.717) is 30.1 Å². The molecule has 0 atom stereocenters. The summed E-state index contributed by atoms with van der Waals surface area (Å²) in [5, 5.41) is 16.8. The van der Waals surface area contributed by atoms with E-state index in [1.807, 2.05) is 41.9 Å². The second kappa shape index (κ2) is 8.05. The number of rotatable bonds is 7. The Morgan fingerprint density at radius 2 is 2.21 bits per heavy atom. The number of hydrogen-bond acceptors (Lipinski definition) is 6. The van der Waals surface area contributed by atoms with Gasteiger partial charge in [0.15, 0.2) is 0 Å². The van der Waals surface area contributed by atoms with Crippen LogP contribution in [-0.4, -0.2) is 44.5 Å². The highest BCUT2D eigenvalue weighted by Gasteiger charge is 2.13. The number of benzene rings is 1. The lowest BCUT2D eigenvalue weighted by molar-refractivity contribution is 0.0949. The van der Waals surface area contributed by atoms with E-state index in [1.165, 1.54) is 11.3 Å². The Morgan fingerprint density at radius 1 is 1.32 bits per heavy atom. The topological polar surface area (TPSA) is 97.7 Å². The standard InChI is InChI=1S/C19H18N6O2S/c1-27-17-6-3-2-5-14(17)15-11-16(24-23-15)18(26)20-9-7-13-12-28-19(22-13)25-10-4-8-21-25/h2-6,8,10-12H,7,9H2,1H3,(H,20,26)(H,23,24). The fourth-order valence-corrected chi connectivity index (χ4v) is 3.53. The maximum Gasteiger partial charge on any atom is 0.269 e. The molecule has 3 heterocycles. The van der Waals surface area contributed by atoms with Gasteiger partial charge in [0, 0.05) is 36.3 Å². The number of aromatic amines is 1. The van der Waals surface area contributed by atoms with Gasteiger partial charge in [-0.1, -0.05) is 12.1 Å². The number of nitrogens with one attached hydrogen (secondary N) is 2. The summed E-state index contributed by atoms with van der Waals surface area (Å²) in [6.45, 7) is 0.476. The summed E-state index contributed by atoms with van der Waals surface area (Å²) < 4.78 is 7.06. The van der Waals surface area contributed by atoms with Crippen molar-refractivity contribution in [3.05, 3.63) is 65.6 Å². The van der Waals surface area contributed by atoms with E-state index in [9.17, 15) is 4.79 Å². The number of carbonyl (C=O) groups excluding carboxylic acids is 1. The molecule has 0 aliphatic carbocycles. The highest BCUT2D eigenvalue weighted by Crippen LogP contribution is 2.28. The van der Waals surface area contributed by atoms with Gasteiger partial charge >= 0.3 is 0 Å². The van der Waals surface area contributed by atoms with Crippen molar-refractivity contribution in [2.45, 2.75) is 6.42 Å². The van der Waals surface area contributed by atoms with Crippen molar-refractivity contribution in [1.82, 2.24) is 30.3 Å². The number of hydrogen-bond donors (Lipinski definition) is 2. The first-order chi connectivity index (χ1) is 13.7. The van der Waals surface area contributed by atoms with Crippen molar-refractivity contribution in [3.8, 4) is 22.1 Å². The third kappa shape index (κ3) is 3.79. The van der Waals surface area contributed by atoms with E-state index < -0.39 is 0 Å². The summed E-state index contributed by atoms with van der Waals surface area (Å²) in [6.07, 6.45) is 4.20. The van der Waals surface area contributed by atoms with Crippen molar-refractivity contribution in [1.29, 1.82) is 0 Å². The van der Waals surface area contributed by atoms with Crippen LogP contribution < -0.4 is 10.1 Å². The van der Waals surface area contributed by atoms with Crippen molar-refractivity contribution >= 4 is 17.2 Å². The number of ether oxygens (including phenoxy) is 1. The molecule has 28 heavy (non-hydrogen) atoms. The smallest absolute Gasteiger partial charge is 0.269 e. The Labute approximate surface area is 165 Å². The number of methoxy groups -OCH3 is 1. The van der Waals surface area contributed by atoms with Gasteiger partial charge in [-0.05, 0) is 24.3 Å². The van der Waals surface area contributed by atoms with Crippen LogP contribution in [0.4, 0.5) is 0 Å². The van der Waals surface area contributed by atoms with Crippen LogP contribution in [0.25, 0.3) is 16.4 Å². The molecule has 8 nitrogen and oxygen atoms in total. The number of carbonyl (C=O) groups is 1. The lowest BCUT2D eigenvalue weighted by Crippen LogP contribution is -2.26. The summed E-state index contributed by atoms with van der Waals surface area (Å²) in [7, 11) is 1.61. The molecule has 9 heteroatoms. The number of aromatic nitrogens is 5. The maximum absolute atomic E-state index is 12.4. The van der Waals surface area contributed by atoms with Gasteiger partial charge in [-0.3, -0.25) is 9.89 Å². The number of H-pyrrole nitrogens is 1. The van der Waals surface area contributed by atoms with Gasteiger partial charge in [0.2, 0.25) is 5.13 Å². The van der Waals surface area contributed by atoms with Crippen LogP contribution in [0.1, 0.15) is 16.2 Å². The van der Waals surface area contributed by atoms with Crippen LogP contribution in [0.5, 0.6) is 5.75 Å². The molecular weight excluding hydrogens is 376 g/mol. The zero-order valence-corrected chi connectivity index (χ0v) is 15.9. The van der Waals surface area contributed by atoms with Gasteiger partial charge < -0.3 is 10.1 Å². The van der Waals surface area contributed by atoms with Crippen LogP contribution >= 0.6 is 11.3 Å². The highest BCUT2D eigenvalue weighted by molar-refractivity contribution is 7.12. The van der Waals surface area contributed by atoms with Crippen LogP contribution in [0.15, 0.2) is 54.2 Å². The molecule has 0 radical (unpaired) electrons. The Balaban J connectivity index is 1.35. The lowest BCUT2D eigenvalue weighted by atomic mass is 10.1. The van der Waals surface area contributed by atoms with Crippen LogP contribution in [-0.2, 0) is 6.42 Å². The maximum atomic E-state index is 12.4. The molecule has 0 saturated carbocycles. The summed E-state index contributed by atoms with van der Waals surface area (Å²) in [5.41, 5.74) is 2.80. The van der Waals surface area contributed by atoms with Crippen LogP contribution in [0.2, 0.25) is 0 Å². The number of thiazole rings is 1. The van der Waals surface area contributed by atoms with Gasteiger partial charge in [-0.15, -0.1) is 11.3 Å². The third-order valence-corrected chi connectivity index (χ3v) is 4.99. The highest BCUT2D eigenvalue weighted by atomic mass is 32.1. The molecule has 0 fully saturated rings. The Hall–Kier alpha value is -3.46. The fraction of sp³-hybridized carbons (Fsp3) is 0.158. The Kier molecular flexibility index (Phi) is 5.16. The number of para-hydroxylation sites is 1. The zero-order chi connectivity index (χ0) is 19.3. The largest absolute Gasteiger partial charge is 0.496 e. The summed E-state index contributed by atoms with van der Waals surface area (Å²) in [4.78, 5) is 16.9.